The Balaban J connectivity index is 1.40. The molecule has 0 heterocycles. The molecule has 3 rings (SSSR count). The molecule has 140 valence electrons. The van der Waals surface area contributed by atoms with Crippen LogP contribution in [0.1, 0.15) is 43.0 Å². The number of benzene rings is 1. The van der Waals surface area contributed by atoms with Gasteiger partial charge in [0, 0.05) is 6.04 Å². The van der Waals surface area contributed by atoms with E-state index in [1.807, 2.05) is 6.92 Å². The van der Waals surface area contributed by atoms with Crippen LogP contribution in [0.15, 0.2) is 24.3 Å². The first-order chi connectivity index (χ1) is 12.4. The monoisotopic (exact) mass is 360 g/mol. The van der Waals surface area contributed by atoms with Gasteiger partial charge in [-0.2, -0.15) is 0 Å². The number of ether oxygens (including phenoxy) is 1. The van der Waals surface area contributed by atoms with E-state index in [-0.39, 0.29) is 17.4 Å². The summed E-state index contributed by atoms with van der Waals surface area (Å²) < 4.78 is 4.85. The number of nitrogens with one attached hydrogen (secondary N) is 2. The average Bonchev–Trinajstić information content (AvgIpc) is 3.22. The van der Waals surface area contributed by atoms with Gasteiger partial charge in [-0.05, 0) is 62.1 Å². The highest BCUT2D eigenvalue weighted by Crippen LogP contribution is 2.49. The molecule has 2 fully saturated rings. The molecule has 1 aromatic rings. The van der Waals surface area contributed by atoms with Crippen molar-refractivity contribution in [1.82, 2.24) is 10.6 Å². The number of imide groups is 1. The summed E-state index contributed by atoms with van der Waals surface area (Å²) in [5.74, 6) is 0.420. The van der Waals surface area contributed by atoms with Gasteiger partial charge in [-0.1, -0.05) is 12.5 Å². The van der Waals surface area contributed by atoms with Crippen molar-refractivity contribution in [2.45, 2.75) is 38.6 Å². The first kappa shape index (κ1) is 18.2. The highest BCUT2D eigenvalue weighted by molar-refractivity contribution is 5.97. The summed E-state index contributed by atoms with van der Waals surface area (Å²) in [6, 6.07) is 5.06. The second-order valence-corrected chi connectivity index (χ2v) is 7.28. The van der Waals surface area contributed by atoms with Crippen molar-refractivity contribution in [3.63, 3.8) is 0 Å². The average molecular weight is 360 g/mol. The van der Waals surface area contributed by atoms with Gasteiger partial charge in [0.25, 0.3) is 5.91 Å². The maximum absolute atomic E-state index is 12.0. The summed E-state index contributed by atoms with van der Waals surface area (Å²) >= 11 is 0. The molecule has 4 unspecified atom stereocenters. The van der Waals surface area contributed by atoms with Gasteiger partial charge in [0.15, 0.2) is 6.61 Å². The van der Waals surface area contributed by atoms with E-state index in [0.29, 0.717) is 11.8 Å². The van der Waals surface area contributed by atoms with Crippen LogP contribution >= 0.6 is 0 Å². The van der Waals surface area contributed by atoms with Crippen LogP contribution in [0.25, 0.3) is 0 Å². The van der Waals surface area contributed by atoms with Gasteiger partial charge in [-0.3, -0.25) is 10.1 Å². The summed E-state index contributed by atoms with van der Waals surface area (Å²) in [6.45, 7) is 1.40. The lowest BCUT2D eigenvalue weighted by Crippen LogP contribution is -2.48. The molecule has 4 atom stereocenters. The van der Waals surface area contributed by atoms with Crippen LogP contribution in [0, 0.1) is 17.8 Å². The fourth-order valence-corrected chi connectivity index (χ4v) is 4.27. The molecule has 2 saturated carbocycles. The lowest BCUT2D eigenvalue weighted by molar-refractivity contribution is -0.123. The van der Waals surface area contributed by atoms with Crippen molar-refractivity contribution in [1.29, 1.82) is 0 Å². The number of aromatic hydroxyl groups is 1. The Morgan fingerprint density at radius 3 is 2.73 bits per heavy atom. The third kappa shape index (κ3) is 4.33. The standard InChI is InChI=1S/C19H24N2O5/c1-11(16-8-12-5-6-13(16)7-12)20-19(25)21-17(23)10-26-18(24)14-3-2-4-15(22)9-14/h2-4,9,11-13,16,22H,5-8,10H2,1H3,(H2,20,21,23,25). The van der Waals surface area contributed by atoms with Gasteiger partial charge in [0.1, 0.15) is 5.75 Å². The highest BCUT2D eigenvalue weighted by atomic mass is 16.5. The molecule has 3 N–H and O–H groups in total. The molecule has 7 heteroatoms. The molecule has 0 saturated heterocycles. The van der Waals surface area contributed by atoms with Crippen LogP contribution in [0.4, 0.5) is 4.79 Å². The molecule has 0 radical (unpaired) electrons. The number of phenols is 1. The minimum Gasteiger partial charge on any atom is -0.508 e. The molecule has 2 aliphatic carbocycles. The van der Waals surface area contributed by atoms with Crippen LogP contribution in [0.2, 0.25) is 0 Å². The molecular weight excluding hydrogens is 336 g/mol. The number of carbonyl (C=O) groups is 3. The van der Waals surface area contributed by atoms with Gasteiger partial charge >= 0.3 is 12.0 Å². The summed E-state index contributed by atoms with van der Waals surface area (Å²) in [5, 5.41) is 14.3. The molecule has 7 nitrogen and oxygen atoms in total. The number of rotatable bonds is 5. The molecule has 2 bridgehead atoms. The molecule has 0 aliphatic heterocycles. The Morgan fingerprint density at radius 2 is 2.08 bits per heavy atom. The van der Waals surface area contributed by atoms with Crippen molar-refractivity contribution < 1.29 is 24.2 Å². The second-order valence-electron chi connectivity index (χ2n) is 7.28. The quantitative estimate of drug-likeness (QED) is 0.698. The molecular formula is C19H24N2O5. The molecule has 0 spiro atoms. The zero-order valence-electron chi connectivity index (χ0n) is 14.7. The smallest absolute Gasteiger partial charge is 0.338 e. The SMILES string of the molecule is CC(NC(=O)NC(=O)COC(=O)c1cccc(O)c1)C1CC2CCC1C2. The van der Waals surface area contributed by atoms with Crippen LogP contribution in [0.3, 0.4) is 0 Å². The number of hydrogen-bond donors (Lipinski definition) is 3. The van der Waals surface area contributed by atoms with Gasteiger partial charge < -0.3 is 15.2 Å². The van der Waals surface area contributed by atoms with E-state index in [4.69, 9.17) is 4.74 Å². The lowest BCUT2D eigenvalue weighted by Gasteiger charge is -2.28. The maximum atomic E-state index is 12.0. The third-order valence-corrected chi connectivity index (χ3v) is 5.46. The lowest BCUT2D eigenvalue weighted by atomic mass is 9.84. The summed E-state index contributed by atoms with van der Waals surface area (Å²) in [7, 11) is 0. The molecule has 0 aromatic heterocycles. The molecule has 26 heavy (non-hydrogen) atoms. The number of fused-ring (bicyclic) bond motifs is 2. The van der Waals surface area contributed by atoms with Crippen molar-refractivity contribution in [2.24, 2.45) is 17.8 Å². The zero-order chi connectivity index (χ0) is 18.7. The summed E-state index contributed by atoms with van der Waals surface area (Å²) in [5.41, 5.74) is 0.132. The highest BCUT2D eigenvalue weighted by Gasteiger charge is 2.42. The topological polar surface area (TPSA) is 105 Å². The third-order valence-electron chi connectivity index (χ3n) is 5.46. The zero-order valence-corrected chi connectivity index (χ0v) is 14.7. The molecule has 1 aromatic carbocycles. The minimum absolute atomic E-state index is 0.00736. The predicted molar refractivity (Wildman–Crippen MR) is 93.5 cm³/mol. The second kappa shape index (κ2) is 7.76. The van der Waals surface area contributed by atoms with E-state index in [0.717, 1.165) is 12.3 Å². The van der Waals surface area contributed by atoms with E-state index in [1.165, 1.54) is 43.5 Å². The van der Waals surface area contributed by atoms with Gasteiger partial charge in [0.2, 0.25) is 0 Å². The van der Waals surface area contributed by atoms with E-state index in [1.54, 1.807) is 0 Å². The maximum Gasteiger partial charge on any atom is 0.338 e. The molecule has 2 aliphatic rings. The Bertz CT molecular complexity index is 705. The summed E-state index contributed by atoms with van der Waals surface area (Å²) in [4.78, 5) is 35.6. The van der Waals surface area contributed by atoms with Crippen LogP contribution in [0.5, 0.6) is 5.75 Å². The fraction of sp³-hybridized carbons (Fsp3) is 0.526. The van der Waals surface area contributed by atoms with E-state index in [2.05, 4.69) is 10.6 Å². The number of amides is 3. The Kier molecular flexibility index (Phi) is 5.44. The van der Waals surface area contributed by atoms with Crippen molar-refractivity contribution in [3.05, 3.63) is 29.8 Å². The normalized spacial score (nSPS) is 24.7. The molecule has 3 amide bonds. The number of carbonyl (C=O) groups excluding carboxylic acids is 3. The van der Waals surface area contributed by atoms with Crippen molar-refractivity contribution in [2.75, 3.05) is 6.61 Å². The number of urea groups is 1. The van der Waals surface area contributed by atoms with Gasteiger partial charge in [-0.15, -0.1) is 0 Å². The van der Waals surface area contributed by atoms with Crippen LogP contribution in [-0.2, 0) is 9.53 Å². The minimum atomic E-state index is -0.744. The largest absolute Gasteiger partial charge is 0.508 e. The van der Waals surface area contributed by atoms with Gasteiger partial charge in [-0.25, -0.2) is 9.59 Å². The van der Waals surface area contributed by atoms with E-state index in [9.17, 15) is 19.5 Å². The first-order valence-electron chi connectivity index (χ1n) is 8.99. The number of hydrogen-bond acceptors (Lipinski definition) is 5. The first-order valence-corrected chi connectivity index (χ1v) is 8.99. The Morgan fingerprint density at radius 1 is 1.27 bits per heavy atom. The van der Waals surface area contributed by atoms with Crippen molar-refractivity contribution >= 4 is 17.9 Å². The predicted octanol–water partition coefficient (Wildman–Crippen LogP) is 2.20. The Hall–Kier alpha value is -2.57. The fourth-order valence-electron chi connectivity index (χ4n) is 4.27. The summed E-state index contributed by atoms with van der Waals surface area (Å²) in [6.07, 6.45) is 4.92. The number of esters is 1. The van der Waals surface area contributed by atoms with E-state index >= 15 is 0 Å². The van der Waals surface area contributed by atoms with Gasteiger partial charge in [0.05, 0.1) is 5.56 Å². The van der Waals surface area contributed by atoms with Crippen LogP contribution < -0.4 is 10.6 Å². The van der Waals surface area contributed by atoms with Crippen LogP contribution in [-0.4, -0.2) is 35.7 Å². The number of phenolic OH excluding ortho intramolecular Hbond substituents is 1. The Labute approximate surface area is 152 Å². The van der Waals surface area contributed by atoms with Crippen molar-refractivity contribution in [3.8, 4) is 5.75 Å². The van der Waals surface area contributed by atoms with E-state index < -0.39 is 24.5 Å².